The number of terminal acetylenes is 1. The van der Waals surface area contributed by atoms with Crippen LogP contribution in [-0.4, -0.2) is 94.5 Å². The molecule has 0 saturated carbocycles. The third kappa shape index (κ3) is 11.1. The largest absolute Gasteiger partial charge is 0.463 e. The van der Waals surface area contributed by atoms with Gasteiger partial charge in [-0.1, -0.05) is 12.3 Å². The summed E-state index contributed by atoms with van der Waals surface area (Å²) < 4.78 is 26.3. The summed E-state index contributed by atoms with van der Waals surface area (Å²) in [7, 11) is 0. The van der Waals surface area contributed by atoms with Gasteiger partial charge >= 0.3 is 12.0 Å². The number of rotatable bonds is 18. The molecule has 2 aliphatic heterocycles. The molecule has 2 heterocycles. The Kier molecular flexibility index (Phi) is 13.4. The number of fused-ring (bicyclic) bond motifs is 1. The van der Waals surface area contributed by atoms with Gasteiger partial charge in [0, 0.05) is 17.4 Å². The number of unbranched alkanes of at least 4 members (excludes halogenated alkanes) is 1. The van der Waals surface area contributed by atoms with E-state index in [1.165, 1.54) is 0 Å². The predicted molar refractivity (Wildman–Crippen MR) is 117 cm³/mol. The molecule has 2 amide bonds. The fourth-order valence-electron chi connectivity index (χ4n) is 3.34. The summed E-state index contributed by atoms with van der Waals surface area (Å²) >= 11 is 1.89. The van der Waals surface area contributed by atoms with Gasteiger partial charge in [-0.05, 0) is 12.8 Å². The van der Waals surface area contributed by atoms with Gasteiger partial charge in [-0.25, -0.2) is 4.79 Å². The highest BCUT2D eigenvalue weighted by atomic mass is 32.2. The van der Waals surface area contributed by atoms with Crippen LogP contribution in [0, 0.1) is 12.3 Å². The average Bonchev–Trinajstić information content (AvgIpc) is 3.30. The van der Waals surface area contributed by atoms with Crippen LogP contribution in [0.1, 0.15) is 25.7 Å². The molecule has 2 fully saturated rings. The number of carbonyl (C=O) groups is 2. The summed E-state index contributed by atoms with van der Waals surface area (Å²) in [6, 6.07) is 0.401. The second-order valence-corrected chi connectivity index (χ2v) is 8.45. The minimum absolute atomic E-state index is 0.0648. The van der Waals surface area contributed by atoms with Gasteiger partial charge in [0.25, 0.3) is 0 Å². The molecule has 0 aromatic rings. The molecule has 0 unspecified atom stereocenters. The molecule has 0 aliphatic carbocycles. The van der Waals surface area contributed by atoms with Crippen molar-refractivity contribution in [2.24, 2.45) is 0 Å². The summed E-state index contributed by atoms with van der Waals surface area (Å²) in [6.07, 6.45) is 8.20. The molecule has 176 valence electrons. The van der Waals surface area contributed by atoms with E-state index >= 15 is 0 Å². The molecule has 0 bridgehead atoms. The van der Waals surface area contributed by atoms with Crippen molar-refractivity contribution in [3.63, 3.8) is 0 Å². The molecule has 2 saturated heterocycles. The second kappa shape index (κ2) is 16.2. The minimum atomic E-state index is -0.198. The quantitative estimate of drug-likeness (QED) is 0.135. The van der Waals surface area contributed by atoms with Crippen LogP contribution in [0.2, 0.25) is 0 Å². The zero-order valence-electron chi connectivity index (χ0n) is 18.0. The van der Waals surface area contributed by atoms with Crippen molar-refractivity contribution < 1.29 is 33.3 Å². The fraction of sp³-hybridized carbons (Fsp3) is 0.810. The monoisotopic (exact) mass is 458 g/mol. The first kappa shape index (κ1) is 25.7. The standard InChI is InChI=1S/C21H34N2O7S/c1-2-7-26-8-9-27-10-11-28-12-13-29-14-15-30-19(24)6-4-3-5-18-20-17(16-31-18)22-21(25)23-20/h1,17-18,20H,3-16H2,(H2,22,23,25)/t17-,18-,20-/m0/s1. The van der Waals surface area contributed by atoms with Crippen molar-refractivity contribution in [1.29, 1.82) is 0 Å². The Morgan fingerprint density at radius 3 is 2.29 bits per heavy atom. The average molecular weight is 459 g/mol. The van der Waals surface area contributed by atoms with E-state index in [-0.39, 0.29) is 30.7 Å². The van der Waals surface area contributed by atoms with Gasteiger partial charge in [0.1, 0.15) is 13.2 Å². The smallest absolute Gasteiger partial charge is 0.315 e. The van der Waals surface area contributed by atoms with E-state index in [4.69, 9.17) is 30.1 Å². The van der Waals surface area contributed by atoms with E-state index in [0.29, 0.717) is 64.5 Å². The zero-order valence-corrected chi connectivity index (χ0v) is 18.8. The minimum Gasteiger partial charge on any atom is -0.463 e. The number of esters is 1. The van der Waals surface area contributed by atoms with Crippen molar-refractivity contribution in [2.75, 3.05) is 65.2 Å². The summed E-state index contributed by atoms with van der Waals surface area (Å²) in [5, 5.41) is 6.35. The molecular weight excluding hydrogens is 424 g/mol. The van der Waals surface area contributed by atoms with Crippen molar-refractivity contribution in [2.45, 2.75) is 43.0 Å². The normalized spacial score (nSPS) is 21.9. The first-order chi connectivity index (χ1) is 15.2. The van der Waals surface area contributed by atoms with Crippen LogP contribution in [-0.2, 0) is 28.5 Å². The number of carbonyl (C=O) groups excluding carboxylic acids is 2. The topological polar surface area (TPSA) is 104 Å². The molecule has 31 heavy (non-hydrogen) atoms. The third-order valence-corrected chi connectivity index (χ3v) is 6.36. The zero-order chi connectivity index (χ0) is 22.2. The van der Waals surface area contributed by atoms with Gasteiger partial charge in [0.05, 0.1) is 58.3 Å². The molecule has 2 N–H and O–H groups in total. The lowest BCUT2D eigenvalue weighted by Gasteiger charge is -2.16. The summed E-state index contributed by atoms with van der Waals surface area (Å²) in [5.41, 5.74) is 0. The number of hydrogen-bond donors (Lipinski definition) is 2. The highest BCUT2D eigenvalue weighted by Crippen LogP contribution is 2.33. The Morgan fingerprint density at radius 1 is 0.968 bits per heavy atom. The maximum absolute atomic E-state index is 11.8. The molecule has 9 nitrogen and oxygen atoms in total. The van der Waals surface area contributed by atoms with Crippen LogP contribution >= 0.6 is 11.8 Å². The Bertz CT molecular complexity index is 572. The van der Waals surface area contributed by atoms with Crippen LogP contribution in [0.3, 0.4) is 0 Å². The van der Waals surface area contributed by atoms with Gasteiger partial charge in [-0.2, -0.15) is 11.8 Å². The van der Waals surface area contributed by atoms with Crippen LogP contribution in [0.4, 0.5) is 4.79 Å². The molecule has 10 heteroatoms. The fourth-order valence-corrected chi connectivity index (χ4v) is 4.88. The lowest BCUT2D eigenvalue weighted by atomic mass is 10.0. The van der Waals surface area contributed by atoms with Crippen molar-refractivity contribution >= 4 is 23.8 Å². The Balaban J connectivity index is 1.30. The van der Waals surface area contributed by atoms with Crippen LogP contribution in [0.15, 0.2) is 0 Å². The van der Waals surface area contributed by atoms with Gasteiger partial charge in [0.2, 0.25) is 0 Å². The first-order valence-corrected chi connectivity index (χ1v) is 11.8. The van der Waals surface area contributed by atoms with Crippen molar-refractivity contribution in [3.8, 4) is 12.3 Å². The second-order valence-electron chi connectivity index (χ2n) is 7.18. The van der Waals surface area contributed by atoms with Gasteiger partial charge in [0.15, 0.2) is 0 Å². The van der Waals surface area contributed by atoms with Crippen LogP contribution < -0.4 is 10.6 Å². The molecule has 0 aromatic carbocycles. The molecular formula is C21H34N2O7S. The number of urea groups is 1. The van der Waals surface area contributed by atoms with E-state index in [2.05, 4.69) is 16.6 Å². The SMILES string of the molecule is C#CCOCCOCCOCCOCCOC(=O)CCCC[C@@H]1SC[C@@H]2NC(=O)N[C@@H]21. The highest BCUT2D eigenvalue weighted by molar-refractivity contribution is 8.00. The Morgan fingerprint density at radius 2 is 1.61 bits per heavy atom. The van der Waals surface area contributed by atoms with Gasteiger partial charge in [-0.15, -0.1) is 6.42 Å². The Hall–Kier alpha value is -1.51. The van der Waals surface area contributed by atoms with E-state index in [0.717, 1.165) is 25.0 Å². The summed E-state index contributed by atoms with van der Waals surface area (Å²) in [4.78, 5) is 23.1. The summed E-state index contributed by atoms with van der Waals surface area (Å²) in [5.74, 6) is 3.14. The van der Waals surface area contributed by atoms with Crippen LogP contribution in [0.25, 0.3) is 0 Å². The van der Waals surface area contributed by atoms with E-state index in [1.807, 2.05) is 11.8 Å². The molecule has 0 spiro atoms. The van der Waals surface area contributed by atoms with E-state index in [1.54, 1.807) is 0 Å². The molecule has 0 aromatic heterocycles. The molecule has 3 atom stereocenters. The van der Waals surface area contributed by atoms with Gasteiger partial charge in [-0.3, -0.25) is 4.79 Å². The van der Waals surface area contributed by atoms with Crippen molar-refractivity contribution in [3.05, 3.63) is 0 Å². The lowest BCUT2D eigenvalue weighted by molar-refractivity contribution is -0.145. The highest BCUT2D eigenvalue weighted by Gasteiger charge is 2.42. The Labute approximate surface area is 188 Å². The van der Waals surface area contributed by atoms with E-state index in [9.17, 15) is 9.59 Å². The first-order valence-electron chi connectivity index (χ1n) is 10.8. The van der Waals surface area contributed by atoms with Crippen molar-refractivity contribution in [1.82, 2.24) is 10.6 Å². The molecule has 0 radical (unpaired) electrons. The van der Waals surface area contributed by atoms with Crippen LogP contribution in [0.5, 0.6) is 0 Å². The maximum Gasteiger partial charge on any atom is 0.315 e. The lowest BCUT2D eigenvalue weighted by Crippen LogP contribution is -2.36. The van der Waals surface area contributed by atoms with Gasteiger partial charge < -0.3 is 34.3 Å². The molecule has 2 aliphatic rings. The molecule has 2 rings (SSSR count). The number of ether oxygens (including phenoxy) is 5. The number of amides is 2. The number of nitrogens with one attached hydrogen (secondary N) is 2. The predicted octanol–water partition coefficient (Wildman–Crippen LogP) is 0.955. The summed E-state index contributed by atoms with van der Waals surface area (Å²) in [6.45, 7) is 3.74. The third-order valence-electron chi connectivity index (χ3n) is 4.85. The van der Waals surface area contributed by atoms with E-state index < -0.39 is 0 Å². The number of hydrogen-bond acceptors (Lipinski definition) is 8. The number of thioether (sulfide) groups is 1. The maximum atomic E-state index is 11.8.